The molecule has 4 saturated carbocycles. The molecule has 4 fully saturated rings. The van der Waals surface area contributed by atoms with Crippen molar-refractivity contribution in [2.24, 2.45) is 46.3 Å². The van der Waals surface area contributed by atoms with Gasteiger partial charge in [0.15, 0.2) is 0 Å². The summed E-state index contributed by atoms with van der Waals surface area (Å²) < 4.78 is 88.2. The van der Waals surface area contributed by atoms with E-state index in [1.54, 1.807) is 0 Å². The molecule has 4 aliphatic carbocycles. The maximum atomic E-state index is 13.6. The van der Waals surface area contributed by atoms with Crippen LogP contribution in [-0.2, 0) is 29.2 Å². The molecule has 2 N–H and O–H groups in total. The fourth-order valence-corrected chi connectivity index (χ4v) is 9.38. The number of carbonyl (C=O) groups excluding carboxylic acids is 3. The van der Waals surface area contributed by atoms with Crippen molar-refractivity contribution < 1.29 is 54.8 Å². The zero-order chi connectivity index (χ0) is 30.8. The van der Waals surface area contributed by atoms with Crippen molar-refractivity contribution in [2.75, 3.05) is 6.61 Å². The molecule has 0 spiro atoms. The molecule has 13 heteroatoms. The maximum Gasteiger partial charge on any atom is 0.431 e. The molecule has 0 saturated heterocycles. The van der Waals surface area contributed by atoms with E-state index in [1.807, 2.05) is 13.8 Å². The van der Waals surface area contributed by atoms with Crippen molar-refractivity contribution in [1.29, 1.82) is 0 Å². The van der Waals surface area contributed by atoms with Gasteiger partial charge in [-0.05, 0) is 67.1 Å². The summed E-state index contributed by atoms with van der Waals surface area (Å²) in [5, 5.41) is 5.85. The lowest BCUT2D eigenvalue weighted by molar-refractivity contribution is -0.178. The van der Waals surface area contributed by atoms with Crippen LogP contribution in [0.5, 0.6) is 0 Å². The number of ketones is 2. The van der Waals surface area contributed by atoms with Gasteiger partial charge in [-0.25, -0.2) is 0 Å². The topological polar surface area (TPSA) is 135 Å². The van der Waals surface area contributed by atoms with Crippen molar-refractivity contribution in [1.82, 2.24) is 0 Å². The predicted molar refractivity (Wildman–Crippen MR) is 137 cm³/mol. The van der Waals surface area contributed by atoms with Crippen LogP contribution in [0.1, 0.15) is 85.0 Å². The van der Waals surface area contributed by atoms with Gasteiger partial charge in [0.2, 0.25) is 0 Å². The fourth-order valence-electron chi connectivity index (χ4n) is 8.91. The predicted octanol–water partition coefficient (Wildman–Crippen LogP) is 4.83. The smallest absolute Gasteiger partial charge is 0.431 e. The zero-order valence-electron chi connectivity index (χ0n) is 23.6. The lowest BCUT2D eigenvalue weighted by Gasteiger charge is -2.61. The lowest BCUT2D eigenvalue weighted by Crippen LogP contribution is -2.61. The van der Waals surface area contributed by atoms with E-state index in [0.29, 0.717) is 25.7 Å². The van der Waals surface area contributed by atoms with E-state index in [1.165, 1.54) is 0 Å². The Bertz CT molecular complexity index is 1180. The van der Waals surface area contributed by atoms with Gasteiger partial charge < -0.3 is 9.84 Å². The minimum Gasteiger partial charge on any atom is -0.465 e. The van der Waals surface area contributed by atoms with E-state index in [2.05, 4.69) is 11.7 Å². The summed E-state index contributed by atoms with van der Waals surface area (Å²) in [5.74, 6) is -6.05. The van der Waals surface area contributed by atoms with Gasteiger partial charge >= 0.3 is 27.3 Å². The minimum atomic E-state index is -6.36. The molecule has 0 radical (unpaired) electrons. The Kier molecular flexibility index (Phi) is 8.54. The zero-order valence-corrected chi connectivity index (χ0v) is 24.4. The van der Waals surface area contributed by atoms with Gasteiger partial charge in [-0.3, -0.25) is 18.9 Å². The Morgan fingerprint density at radius 2 is 1.78 bits per heavy atom. The van der Waals surface area contributed by atoms with Crippen LogP contribution in [0.25, 0.3) is 0 Å². The van der Waals surface area contributed by atoms with Gasteiger partial charge in [0.25, 0.3) is 0 Å². The van der Waals surface area contributed by atoms with Gasteiger partial charge in [-0.2, -0.15) is 26.0 Å². The highest BCUT2D eigenvalue weighted by Gasteiger charge is 2.67. The molecular formula is C28H40F4O8S. The highest BCUT2D eigenvalue weighted by molar-refractivity contribution is 7.87. The number of ether oxygens (including phenoxy) is 1. The Hall–Kier alpha value is -1.60. The summed E-state index contributed by atoms with van der Waals surface area (Å²) >= 11 is 0. The largest absolute Gasteiger partial charge is 0.465 e. The van der Waals surface area contributed by atoms with Crippen LogP contribution in [0.15, 0.2) is 0 Å². The number of halogens is 4. The monoisotopic (exact) mass is 612 g/mol. The Morgan fingerprint density at radius 1 is 1.12 bits per heavy atom. The van der Waals surface area contributed by atoms with Gasteiger partial charge in [0.05, 0.1) is 19.1 Å². The molecule has 0 bridgehead atoms. The highest BCUT2D eigenvalue weighted by Crippen LogP contribution is 2.67. The molecule has 0 heterocycles. The molecular weight excluding hydrogens is 572 g/mol. The number of carbonyl (C=O) groups is 3. The summed E-state index contributed by atoms with van der Waals surface area (Å²) in [4.78, 5) is 37.8. The molecule has 0 aromatic carbocycles. The molecule has 234 valence electrons. The molecule has 4 aliphatic rings. The van der Waals surface area contributed by atoms with Crippen LogP contribution >= 0.6 is 0 Å². The SMILES string of the molecule is C[C@H](CCC(=O)OCCC(F)(F)C(F)(F)S(=O)(=O)O)[C@H]1CC[C@H]2[C@@H]3C(=O)CC4CC(=O)CC[C@]4(C)[C@H]3CC(O)[C@]12C. The second-order valence-electron chi connectivity index (χ2n) is 13.3. The Balaban J connectivity index is 1.37. The summed E-state index contributed by atoms with van der Waals surface area (Å²) in [6.07, 6.45) is 1.58. The average Bonchev–Trinajstić information content (AvgIpc) is 3.22. The van der Waals surface area contributed by atoms with Gasteiger partial charge in [0, 0.05) is 37.0 Å². The van der Waals surface area contributed by atoms with E-state index in [0.717, 1.165) is 19.3 Å². The van der Waals surface area contributed by atoms with E-state index in [4.69, 9.17) is 4.55 Å². The summed E-state index contributed by atoms with van der Waals surface area (Å²) in [5.41, 5.74) is -0.748. The van der Waals surface area contributed by atoms with Crippen LogP contribution in [0, 0.1) is 46.3 Å². The lowest BCUT2D eigenvalue weighted by atomic mass is 9.43. The first-order valence-corrected chi connectivity index (χ1v) is 15.8. The minimum absolute atomic E-state index is 0.00489. The maximum absolute atomic E-state index is 13.6. The number of esters is 1. The number of hydrogen-bond acceptors (Lipinski definition) is 7. The molecule has 0 aliphatic heterocycles. The number of fused-ring (bicyclic) bond motifs is 5. The molecule has 41 heavy (non-hydrogen) atoms. The Labute approximate surface area is 237 Å². The van der Waals surface area contributed by atoms with Crippen molar-refractivity contribution >= 4 is 27.7 Å². The van der Waals surface area contributed by atoms with Crippen LogP contribution in [0.3, 0.4) is 0 Å². The second kappa shape index (κ2) is 10.8. The molecule has 0 aromatic rings. The molecule has 8 nitrogen and oxygen atoms in total. The van der Waals surface area contributed by atoms with Gasteiger partial charge in [-0.15, -0.1) is 0 Å². The van der Waals surface area contributed by atoms with Crippen molar-refractivity contribution in [3.05, 3.63) is 0 Å². The molecule has 2 unspecified atom stereocenters. The van der Waals surface area contributed by atoms with E-state index in [-0.39, 0.29) is 65.3 Å². The van der Waals surface area contributed by atoms with Crippen molar-refractivity contribution in [3.63, 3.8) is 0 Å². The molecule has 4 rings (SSSR count). The normalized spacial score (nSPS) is 38.6. The number of aliphatic hydroxyl groups is 1. The van der Waals surface area contributed by atoms with Crippen LogP contribution in [0.4, 0.5) is 17.6 Å². The van der Waals surface area contributed by atoms with E-state index < -0.39 is 51.8 Å². The van der Waals surface area contributed by atoms with Crippen molar-refractivity contribution in [2.45, 2.75) is 102 Å². The van der Waals surface area contributed by atoms with Crippen LogP contribution in [-0.4, -0.2) is 59.5 Å². The fraction of sp³-hybridized carbons (Fsp3) is 0.893. The van der Waals surface area contributed by atoms with E-state index in [9.17, 15) is 45.5 Å². The number of hydrogen-bond donors (Lipinski definition) is 2. The number of alkyl halides is 4. The number of Topliss-reactive ketones (excluding diaryl/α,β-unsaturated/α-hetero) is 2. The third kappa shape index (κ3) is 5.36. The van der Waals surface area contributed by atoms with Crippen LogP contribution in [0.2, 0.25) is 0 Å². The van der Waals surface area contributed by atoms with E-state index >= 15 is 0 Å². The molecule has 0 aromatic heterocycles. The summed E-state index contributed by atoms with van der Waals surface area (Å²) in [6.45, 7) is 4.93. The molecule has 0 amide bonds. The highest BCUT2D eigenvalue weighted by atomic mass is 32.2. The summed E-state index contributed by atoms with van der Waals surface area (Å²) in [6, 6.07) is 0. The first-order valence-electron chi connectivity index (χ1n) is 14.4. The first kappa shape index (κ1) is 32.3. The second-order valence-corrected chi connectivity index (χ2v) is 14.8. The first-order chi connectivity index (χ1) is 18.8. The van der Waals surface area contributed by atoms with Gasteiger partial charge in [0.1, 0.15) is 11.6 Å². The summed E-state index contributed by atoms with van der Waals surface area (Å²) in [7, 11) is -6.36. The number of aliphatic hydroxyl groups excluding tert-OH is 1. The third-order valence-electron chi connectivity index (χ3n) is 11.4. The van der Waals surface area contributed by atoms with Crippen LogP contribution < -0.4 is 0 Å². The van der Waals surface area contributed by atoms with Gasteiger partial charge in [-0.1, -0.05) is 20.8 Å². The Morgan fingerprint density at radius 3 is 2.41 bits per heavy atom. The quantitative estimate of drug-likeness (QED) is 0.215. The average molecular weight is 613 g/mol. The standard InChI is InChI=1S/C28H40F4O8S/c1-15(4-7-23(36)40-11-10-27(29,30)28(31,32)41(37,38)39)18-5-6-19-24-20(14-22(35)26(18,19)3)25(2)9-8-17(33)12-16(25)13-21(24)34/h15-16,18-20,22,24,35H,4-14H2,1-3H3,(H,37,38,39)/t15-,16?,18-,19+,20+,22?,24+,25+,26-/m1/s1. The van der Waals surface area contributed by atoms with Crippen molar-refractivity contribution in [3.8, 4) is 0 Å². The number of rotatable bonds is 9. The third-order valence-corrected chi connectivity index (χ3v) is 12.3. The molecule has 9 atom stereocenters.